The molecule has 2 N–H and O–H groups in total. The lowest BCUT2D eigenvalue weighted by Crippen LogP contribution is -2.12. The molecular formula is C16H12N8O. The Morgan fingerprint density at radius 3 is 2.80 bits per heavy atom. The fourth-order valence-corrected chi connectivity index (χ4v) is 2.32. The number of anilines is 1. The van der Waals surface area contributed by atoms with E-state index in [1.54, 1.807) is 36.7 Å². The van der Waals surface area contributed by atoms with Crippen molar-refractivity contribution in [2.24, 2.45) is 0 Å². The van der Waals surface area contributed by atoms with Gasteiger partial charge in [0.1, 0.15) is 6.33 Å². The van der Waals surface area contributed by atoms with Crippen LogP contribution in [0.25, 0.3) is 16.9 Å². The van der Waals surface area contributed by atoms with Crippen LogP contribution in [0.2, 0.25) is 0 Å². The fraction of sp³-hybridized carbons (Fsp3) is 0. The van der Waals surface area contributed by atoms with Gasteiger partial charge in [-0.05, 0) is 40.8 Å². The van der Waals surface area contributed by atoms with Crippen molar-refractivity contribution < 1.29 is 4.79 Å². The van der Waals surface area contributed by atoms with Crippen LogP contribution in [-0.4, -0.2) is 41.3 Å². The zero-order chi connectivity index (χ0) is 17.1. The molecule has 1 aromatic carbocycles. The van der Waals surface area contributed by atoms with Gasteiger partial charge in [-0.1, -0.05) is 6.07 Å². The van der Waals surface area contributed by atoms with E-state index in [1.807, 2.05) is 18.2 Å². The number of amides is 1. The van der Waals surface area contributed by atoms with Gasteiger partial charge in [0, 0.05) is 29.6 Å². The number of carbonyl (C=O) groups excluding carboxylic acids is 1. The molecule has 1 amide bonds. The number of pyridine rings is 1. The van der Waals surface area contributed by atoms with Crippen LogP contribution in [0, 0.1) is 0 Å². The van der Waals surface area contributed by atoms with Crippen LogP contribution in [0.5, 0.6) is 0 Å². The van der Waals surface area contributed by atoms with Crippen molar-refractivity contribution in [1.82, 2.24) is 35.4 Å². The first-order valence-electron chi connectivity index (χ1n) is 7.40. The van der Waals surface area contributed by atoms with Crippen molar-refractivity contribution in [3.63, 3.8) is 0 Å². The quantitative estimate of drug-likeness (QED) is 0.588. The Kier molecular flexibility index (Phi) is 3.71. The van der Waals surface area contributed by atoms with Crippen molar-refractivity contribution in [1.29, 1.82) is 0 Å². The lowest BCUT2D eigenvalue weighted by atomic mass is 10.2. The second-order valence-electron chi connectivity index (χ2n) is 5.16. The number of aromatic amines is 1. The van der Waals surface area contributed by atoms with E-state index >= 15 is 0 Å². The van der Waals surface area contributed by atoms with Gasteiger partial charge in [-0.3, -0.25) is 14.9 Å². The highest BCUT2D eigenvalue weighted by Gasteiger charge is 2.11. The Bertz CT molecular complexity index is 994. The maximum atomic E-state index is 12.4. The lowest BCUT2D eigenvalue weighted by molar-refractivity contribution is 0.102. The van der Waals surface area contributed by atoms with Crippen LogP contribution in [-0.2, 0) is 0 Å². The minimum absolute atomic E-state index is 0.275. The topological polar surface area (TPSA) is 114 Å². The molecule has 4 aromatic rings. The van der Waals surface area contributed by atoms with E-state index in [4.69, 9.17) is 0 Å². The molecule has 9 nitrogen and oxygen atoms in total. The summed E-state index contributed by atoms with van der Waals surface area (Å²) in [6, 6.07) is 12.5. The van der Waals surface area contributed by atoms with E-state index in [2.05, 4.69) is 36.0 Å². The van der Waals surface area contributed by atoms with E-state index in [9.17, 15) is 4.79 Å². The molecule has 0 saturated carbocycles. The zero-order valence-corrected chi connectivity index (χ0v) is 12.9. The van der Waals surface area contributed by atoms with Gasteiger partial charge in [-0.15, -0.1) is 5.10 Å². The lowest BCUT2D eigenvalue weighted by Gasteiger charge is -2.04. The van der Waals surface area contributed by atoms with Crippen LogP contribution < -0.4 is 5.32 Å². The summed E-state index contributed by atoms with van der Waals surface area (Å²) in [6.07, 6.45) is 4.85. The molecule has 0 spiro atoms. The van der Waals surface area contributed by atoms with E-state index in [-0.39, 0.29) is 5.91 Å². The molecule has 0 fully saturated rings. The summed E-state index contributed by atoms with van der Waals surface area (Å²) in [7, 11) is 0. The van der Waals surface area contributed by atoms with Crippen LogP contribution in [0.15, 0.2) is 61.2 Å². The minimum Gasteiger partial charge on any atom is -0.305 e. The molecule has 4 rings (SSSR count). The van der Waals surface area contributed by atoms with Crippen LogP contribution in [0.3, 0.4) is 0 Å². The number of benzene rings is 1. The van der Waals surface area contributed by atoms with Crippen LogP contribution >= 0.6 is 0 Å². The molecule has 9 heteroatoms. The van der Waals surface area contributed by atoms with Crippen molar-refractivity contribution in [3.05, 3.63) is 66.7 Å². The third-order valence-electron chi connectivity index (χ3n) is 3.53. The van der Waals surface area contributed by atoms with E-state index in [1.165, 1.54) is 11.0 Å². The second-order valence-corrected chi connectivity index (χ2v) is 5.16. The van der Waals surface area contributed by atoms with Gasteiger partial charge in [-0.25, -0.2) is 4.68 Å². The van der Waals surface area contributed by atoms with E-state index in [0.29, 0.717) is 17.1 Å². The van der Waals surface area contributed by atoms with Gasteiger partial charge in [0.15, 0.2) is 5.82 Å². The summed E-state index contributed by atoms with van der Waals surface area (Å²) < 4.78 is 1.48. The summed E-state index contributed by atoms with van der Waals surface area (Å²) in [5, 5.41) is 20.7. The number of H-pyrrole nitrogens is 1. The first kappa shape index (κ1) is 14.7. The molecule has 0 unspecified atom stereocenters. The summed E-state index contributed by atoms with van der Waals surface area (Å²) in [5.41, 5.74) is 2.89. The summed E-state index contributed by atoms with van der Waals surface area (Å²) in [6.45, 7) is 0. The fourth-order valence-electron chi connectivity index (χ4n) is 2.32. The number of carbonyl (C=O) groups is 1. The molecule has 0 saturated heterocycles. The molecule has 25 heavy (non-hydrogen) atoms. The number of nitrogens with zero attached hydrogens (tertiary/aromatic N) is 6. The minimum atomic E-state index is -0.275. The van der Waals surface area contributed by atoms with Gasteiger partial charge in [0.25, 0.3) is 5.91 Å². The summed E-state index contributed by atoms with van der Waals surface area (Å²) in [5.74, 6) is 0.160. The average molecular weight is 332 g/mol. The van der Waals surface area contributed by atoms with Gasteiger partial charge in [0.05, 0.1) is 11.4 Å². The van der Waals surface area contributed by atoms with Crippen molar-refractivity contribution in [3.8, 4) is 16.9 Å². The predicted molar refractivity (Wildman–Crippen MR) is 88.9 cm³/mol. The number of hydrogen-bond acceptors (Lipinski definition) is 6. The van der Waals surface area contributed by atoms with Gasteiger partial charge >= 0.3 is 0 Å². The van der Waals surface area contributed by atoms with Crippen molar-refractivity contribution in [2.45, 2.75) is 0 Å². The second kappa shape index (κ2) is 6.32. The number of rotatable bonds is 4. The third kappa shape index (κ3) is 3.11. The average Bonchev–Trinajstić information content (AvgIpc) is 3.35. The normalized spacial score (nSPS) is 10.6. The molecule has 0 radical (unpaired) electrons. The molecule has 3 aromatic heterocycles. The Balaban J connectivity index is 1.53. The molecule has 0 aliphatic rings. The number of tetrazole rings is 1. The maximum Gasteiger partial charge on any atom is 0.256 e. The molecule has 0 aliphatic carbocycles. The highest BCUT2D eigenvalue weighted by Crippen LogP contribution is 2.19. The molecule has 0 bridgehead atoms. The standard InChI is InChI=1S/C16H12N8O/c25-16(12-2-1-3-13(8-12)24-10-18-22-23-24)19-15-9-14(20-21-15)11-4-6-17-7-5-11/h1-10H,(H2,19,20,21,25). The van der Waals surface area contributed by atoms with Gasteiger partial charge in [-0.2, -0.15) is 5.10 Å². The Morgan fingerprint density at radius 2 is 2.00 bits per heavy atom. The van der Waals surface area contributed by atoms with Gasteiger partial charge < -0.3 is 5.32 Å². The predicted octanol–water partition coefficient (Wildman–Crippen LogP) is 1.70. The van der Waals surface area contributed by atoms with Crippen LogP contribution in [0.1, 0.15) is 10.4 Å². The van der Waals surface area contributed by atoms with Crippen molar-refractivity contribution in [2.75, 3.05) is 5.32 Å². The Morgan fingerprint density at radius 1 is 1.12 bits per heavy atom. The number of hydrogen-bond donors (Lipinski definition) is 2. The highest BCUT2D eigenvalue weighted by atomic mass is 16.1. The van der Waals surface area contributed by atoms with Gasteiger partial charge in [0.2, 0.25) is 0 Å². The first-order valence-corrected chi connectivity index (χ1v) is 7.40. The molecular weight excluding hydrogens is 320 g/mol. The van der Waals surface area contributed by atoms with E-state index < -0.39 is 0 Å². The molecule has 0 atom stereocenters. The smallest absolute Gasteiger partial charge is 0.256 e. The summed E-state index contributed by atoms with van der Waals surface area (Å²) >= 11 is 0. The third-order valence-corrected chi connectivity index (χ3v) is 3.53. The number of nitrogens with one attached hydrogen (secondary N) is 2. The zero-order valence-electron chi connectivity index (χ0n) is 12.9. The number of aromatic nitrogens is 7. The highest BCUT2D eigenvalue weighted by molar-refractivity contribution is 6.04. The SMILES string of the molecule is O=C(Nc1cc(-c2ccncc2)[nH]n1)c1cccc(-n2cnnn2)c1. The van der Waals surface area contributed by atoms with Crippen LogP contribution in [0.4, 0.5) is 5.82 Å². The summed E-state index contributed by atoms with van der Waals surface area (Å²) in [4.78, 5) is 16.4. The first-order chi connectivity index (χ1) is 12.3. The molecule has 0 aliphatic heterocycles. The maximum absolute atomic E-state index is 12.4. The largest absolute Gasteiger partial charge is 0.305 e. The Labute approximate surface area is 141 Å². The molecule has 3 heterocycles. The monoisotopic (exact) mass is 332 g/mol. The van der Waals surface area contributed by atoms with Crippen molar-refractivity contribution >= 4 is 11.7 Å². The Hall–Kier alpha value is -3.88. The van der Waals surface area contributed by atoms with E-state index in [0.717, 1.165) is 11.3 Å². The molecule has 122 valence electrons.